The van der Waals surface area contributed by atoms with Crippen molar-refractivity contribution in [2.45, 2.75) is 19.8 Å². The number of carbonyl (C=O) groups is 1. The van der Waals surface area contributed by atoms with Gasteiger partial charge in [0, 0.05) is 11.3 Å². The smallest absolute Gasteiger partial charge is 0.311 e. The summed E-state index contributed by atoms with van der Waals surface area (Å²) in [5.41, 5.74) is 0.190. The minimum absolute atomic E-state index is 0.115. The Morgan fingerprint density at radius 1 is 1.62 bits per heavy atom. The predicted molar refractivity (Wildman–Crippen MR) is 54.7 cm³/mol. The van der Waals surface area contributed by atoms with Crippen LogP contribution < -0.4 is 0 Å². The molecule has 1 aromatic heterocycles. The molecule has 0 saturated heterocycles. The highest BCUT2D eigenvalue weighted by atomic mass is 35.5. The number of esters is 1. The van der Waals surface area contributed by atoms with Crippen LogP contribution in [0.15, 0.2) is 6.07 Å². The van der Waals surface area contributed by atoms with Crippen molar-refractivity contribution in [3.63, 3.8) is 0 Å². The molecule has 0 saturated carbocycles. The molecule has 0 aliphatic carbocycles. The first-order chi connectivity index (χ1) is 7.45. The lowest BCUT2D eigenvalue weighted by Gasteiger charge is -2.09. The third-order valence-corrected chi connectivity index (χ3v) is 2.39. The zero-order chi connectivity index (χ0) is 12.3. The van der Waals surface area contributed by atoms with Gasteiger partial charge >= 0.3 is 5.97 Å². The summed E-state index contributed by atoms with van der Waals surface area (Å²) in [7, 11) is 1.21. The van der Waals surface area contributed by atoms with Crippen molar-refractivity contribution >= 4 is 17.6 Å². The Kier molecular flexibility index (Phi) is 4.18. The minimum Gasteiger partial charge on any atom is -0.469 e. The maximum atomic E-state index is 12.6. The third-order valence-electron chi connectivity index (χ3n) is 1.96. The SMILES string of the molecule is COC(=O)Cc1nc(C)cc(C(F)F)c1Cl. The van der Waals surface area contributed by atoms with Gasteiger partial charge in [0.1, 0.15) is 0 Å². The van der Waals surface area contributed by atoms with Crippen molar-refractivity contribution in [2.24, 2.45) is 0 Å². The molecule has 1 heterocycles. The van der Waals surface area contributed by atoms with Gasteiger partial charge in [0.2, 0.25) is 0 Å². The fraction of sp³-hybridized carbons (Fsp3) is 0.400. The Morgan fingerprint density at radius 3 is 2.75 bits per heavy atom. The fourth-order valence-corrected chi connectivity index (χ4v) is 1.48. The maximum Gasteiger partial charge on any atom is 0.311 e. The normalized spacial score (nSPS) is 10.6. The van der Waals surface area contributed by atoms with Gasteiger partial charge < -0.3 is 4.74 Å². The molecule has 0 spiro atoms. The average Bonchev–Trinajstić information content (AvgIpc) is 2.22. The van der Waals surface area contributed by atoms with Crippen LogP contribution in [0.4, 0.5) is 8.78 Å². The lowest BCUT2D eigenvalue weighted by molar-refractivity contribution is -0.139. The Balaban J connectivity index is 3.14. The van der Waals surface area contributed by atoms with Crippen molar-refractivity contribution in [2.75, 3.05) is 7.11 Å². The highest BCUT2D eigenvalue weighted by Crippen LogP contribution is 2.29. The van der Waals surface area contributed by atoms with Crippen LogP contribution in [-0.2, 0) is 16.0 Å². The summed E-state index contributed by atoms with van der Waals surface area (Å²) in [6.45, 7) is 1.56. The number of carbonyl (C=O) groups excluding carboxylic acids is 1. The molecule has 0 aromatic carbocycles. The van der Waals surface area contributed by atoms with E-state index in [0.717, 1.165) is 0 Å². The van der Waals surface area contributed by atoms with E-state index in [1.807, 2.05) is 0 Å². The number of alkyl halides is 2. The Morgan fingerprint density at radius 2 is 2.25 bits per heavy atom. The molecule has 0 N–H and O–H groups in total. The number of nitrogens with zero attached hydrogens (tertiary/aromatic N) is 1. The second kappa shape index (κ2) is 5.21. The van der Waals surface area contributed by atoms with Crippen molar-refractivity contribution in [1.82, 2.24) is 4.98 Å². The molecule has 0 aliphatic heterocycles. The number of ether oxygens (including phenoxy) is 1. The fourth-order valence-electron chi connectivity index (χ4n) is 1.23. The first-order valence-electron chi connectivity index (χ1n) is 4.46. The number of hydrogen-bond donors (Lipinski definition) is 0. The highest BCUT2D eigenvalue weighted by molar-refractivity contribution is 6.32. The lowest BCUT2D eigenvalue weighted by Crippen LogP contribution is -2.08. The summed E-state index contributed by atoms with van der Waals surface area (Å²) in [6.07, 6.45) is -2.90. The standard InChI is InChI=1S/C10H10ClF2NO2/c1-5-3-6(10(12)13)9(11)7(14-5)4-8(15)16-2/h3,10H,4H2,1-2H3. The maximum absolute atomic E-state index is 12.6. The first kappa shape index (κ1) is 12.8. The summed E-state index contributed by atoms with van der Waals surface area (Å²) < 4.78 is 29.6. The largest absolute Gasteiger partial charge is 0.469 e. The van der Waals surface area contributed by atoms with Gasteiger partial charge in [0.25, 0.3) is 6.43 Å². The van der Waals surface area contributed by atoms with E-state index >= 15 is 0 Å². The zero-order valence-corrected chi connectivity index (χ0v) is 9.52. The van der Waals surface area contributed by atoms with Crippen LogP contribution in [-0.4, -0.2) is 18.1 Å². The van der Waals surface area contributed by atoms with E-state index in [1.54, 1.807) is 6.92 Å². The Labute approximate surface area is 96.4 Å². The van der Waals surface area contributed by atoms with E-state index in [0.29, 0.717) is 5.69 Å². The monoisotopic (exact) mass is 249 g/mol. The molecule has 0 bridgehead atoms. The van der Waals surface area contributed by atoms with Gasteiger partial charge in [0.15, 0.2) is 0 Å². The van der Waals surface area contributed by atoms with Crippen LogP contribution in [0.3, 0.4) is 0 Å². The molecule has 16 heavy (non-hydrogen) atoms. The summed E-state index contributed by atoms with van der Waals surface area (Å²) in [5.74, 6) is -0.569. The Bertz CT molecular complexity index is 410. The van der Waals surface area contributed by atoms with Gasteiger partial charge in [-0.2, -0.15) is 0 Å². The van der Waals surface area contributed by atoms with E-state index in [-0.39, 0.29) is 22.7 Å². The molecule has 0 radical (unpaired) electrons. The number of halogens is 3. The van der Waals surface area contributed by atoms with Crippen LogP contribution in [0.5, 0.6) is 0 Å². The molecular formula is C10H10ClF2NO2. The second-order valence-electron chi connectivity index (χ2n) is 3.17. The van der Waals surface area contributed by atoms with Gasteiger partial charge in [-0.25, -0.2) is 8.78 Å². The van der Waals surface area contributed by atoms with Crippen LogP contribution in [0, 0.1) is 6.92 Å². The quantitative estimate of drug-likeness (QED) is 0.773. The van der Waals surface area contributed by atoms with Crippen molar-refractivity contribution in [1.29, 1.82) is 0 Å². The summed E-state index contributed by atoms with van der Waals surface area (Å²) in [4.78, 5) is 15.0. The zero-order valence-electron chi connectivity index (χ0n) is 8.76. The van der Waals surface area contributed by atoms with Gasteiger partial charge in [-0.3, -0.25) is 9.78 Å². The summed E-state index contributed by atoms with van der Waals surface area (Å²) >= 11 is 5.73. The summed E-state index contributed by atoms with van der Waals surface area (Å²) in [6, 6.07) is 1.20. The van der Waals surface area contributed by atoms with E-state index in [1.165, 1.54) is 13.2 Å². The highest BCUT2D eigenvalue weighted by Gasteiger charge is 2.18. The minimum atomic E-state index is -2.69. The topological polar surface area (TPSA) is 39.2 Å². The van der Waals surface area contributed by atoms with Gasteiger partial charge in [-0.15, -0.1) is 0 Å². The van der Waals surface area contributed by atoms with Crippen LogP contribution in [0.25, 0.3) is 0 Å². The van der Waals surface area contributed by atoms with Crippen molar-refractivity contribution in [3.8, 4) is 0 Å². The van der Waals surface area contributed by atoms with Gasteiger partial charge in [0.05, 0.1) is 24.2 Å². The molecule has 0 unspecified atom stereocenters. The first-order valence-corrected chi connectivity index (χ1v) is 4.84. The number of aromatic nitrogens is 1. The van der Waals surface area contributed by atoms with Crippen molar-refractivity contribution in [3.05, 3.63) is 28.0 Å². The number of methoxy groups -OCH3 is 1. The average molecular weight is 250 g/mol. The van der Waals surface area contributed by atoms with Gasteiger partial charge in [-0.05, 0) is 13.0 Å². The molecule has 3 nitrogen and oxygen atoms in total. The second-order valence-corrected chi connectivity index (χ2v) is 3.55. The number of hydrogen-bond acceptors (Lipinski definition) is 3. The molecule has 0 amide bonds. The molecule has 1 rings (SSSR count). The van der Waals surface area contributed by atoms with E-state index < -0.39 is 12.4 Å². The molecule has 88 valence electrons. The predicted octanol–water partition coefficient (Wildman–Crippen LogP) is 2.70. The van der Waals surface area contributed by atoms with Crippen LogP contribution in [0.2, 0.25) is 5.02 Å². The molecular weight excluding hydrogens is 240 g/mol. The van der Waals surface area contributed by atoms with E-state index in [9.17, 15) is 13.6 Å². The summed E-state index contributed by atoms with van der Waals surface area (Å²) in [5, 5.41) is -0.175. The lowest BCUT2D eigenvalue weighted by atomic mass is 10.1. The third kappa shape index (κ3) is 2.88. The molecule has 0 atom stereocenters. The number of pyridine rings is 1. The van der Waals surface area contributed by atoms with Crippen LogP contribution >= 0.6 is 11.6 Å². The van der Waals surface area contributed by atoms with Crippen LogP contribution in [0.1, 0.15) is 23.4 Å². The van der Waals surface area contributed by atoms with E-state index in [4.69, 9.17) is 11.6 Å². The van der Waals surface area contributed by atoms with Gasteiger partial charge in [-0.1, -0.05) is 11.6 Å². The van der Waals surface area contributed by atoms with Crippen molar-refractivity contribution < 1.29 is 18.3 Å². The molecule has 0 aliphatic rings. The molecule has 0 fully saturated rings. The molecule has 1 aromatic rings. The number of aryl methyl sites for hydroxylation is 1. The molecule has 6 heteroatoms. The number of rotatable bonds is 3. The Hall–Kier alpha value is -1.23. The van der Waals surface area contributed by atoms with E-state index in [2.05, 4.69) is 9.72 Å².